The van der Waals surface area contributed by atoms with E-state index < -0.39 is 48.5 Å². The molecule has 4 N–H and O–H groups in total. The van der Waals surface area contributed by atoms with E-state index in [0.717, 1.165) is 0 Å². The highest BCUT2D eigenvalue weighted by atomic mass is 16.6. The predicted octanol–water partition coefficient (Wildman–Crippen LogP) is -1.02. The van der Waals surface area contributed by atoms with Crippen LogP contribution in [0.25, 0.3) is 0 Å². The van der Waals surface area contributed by atoms with Crippen LogP contribution in [0, 0.1) is 5.92 Å². The van der Waals surface area contributed by atoms with Crippen LogP contribution in [0.2, 0.25) is 0 Å². The lowest BCUT2D eigenvalue weighted by atomic mass is 9.92. The lowest BCUT2D eigenvalue weighted by molar-refractivity contribution is -0.133. The average molecular weight is 381 g/mol. The summed E-state index contributed by atoms with van der Waals surface area (Å²) in [6, 6.07) is 1.18. The molecule has 150 valence electrons. The summed E-state index contributed by atoms with van der Waals surface area (Å²) in [5.74, 6) is -1.50. The topological polar surface area (TPSA) is 133 Å². The van der Waals surface area contributed by atoms with Crippen molar-refractivity contribution in [3.63, 3.8) is 0 Å². The molecule has 0 spiro atoms. The number of nitrogens with zero attached hydrogens (tertiary/aromatic N) is 1. The molecule has 1 saturated heterocycles. The molecule has 0 aliphatic carbocycles. The van der Waals surface area contributed by atoms with Gasteiger partial charge in [0.2, 0.25) is 5.91 Å². The Bertz CT molecular complexity index is 695. The highest BCUT2D eigenvalue weighted by Gasteiger charge is 2.54. The van der Waals surface area contributed by atoms with Crippen LogP contribution in [0.3, 0.4) is 0 Å². The van der Waals surface area contributed by atoms with Crippen molar-refractivity contribution in [3.8, 4) is 0 Å². The number of aryl methyl sites for hydroxylation is 1. The third-order valence-electron chi connectivity index (χ3n) is 4.52. The summed E-state index contributed by atoms with van der Waals surface area (Å²) in [5, 5.41) is 24.0. The second-order valence-corrected chi connectivity index (χ2v) is 7.21. The molecular formula is C18H27N3O6. The smallest absolute Gasteiger partial charge is 0.268 e. The molecule has 2 heterocycles. The molecule has 1 aromatic rings. The van der Waals surface area contributed by atoms with E-state index in [0.29, 0.717) is 12.1 Å². The quantitative estimate of drug-likeness (QED) is 0.383. The van der Waals surface area contributed by atoms with Crippen molar-refractivity contribution in [2.75, 3.05) is 19.8 Å². The third-order valence-corrected chi connectivity index (χ3v) is 4.52. The molecule has 1 aliphatic rings. The van der Waals surface area contributed by atoms with Crippen molar-refractivity contribution in [2.45, 2.75) is 38.0 Å². The van der Waals surface area contributed by atoms with Gasteiger partial charge >= 0.3 is 0 Å². The van der Waals surface area contributed by atoms with Crippen molar-refractivity contribution in [1.82, 2.24) is 15.2 Å². The number of aliphatic hydroxyl groups is 2. The van der Waals surface area contributed by atoms with E-state index in [-0.39, 0.29) is 12.5 Å². The van der Waals surface area contributed by atoms with Crippen LogP contribution in [0.15, 0.2) is 18.3 Å². The molecule has 0 aromatic carbocycles. The summed E-state index contributed by atoms with van der Waals surface area (Å²) in [6.07, 6.45) is 2.03. The summed E-state index contributed by atoms with van der Waals surface area (Å²) in [5.41, 5.74) is -0.921. The number of hydrogen-bond acceptors (Lipinski definition) is 6. The second-order valence-electron chi connectivity index (χ2n) is 7.21. The fourth-order valence-corrected chi connectivity index (χ4v) is 2.81. The van der Waals surface area contributed by atoms with Gasteiger partial charge in [0, 0.05) is 13.2 Å². The van der Waals surface area contributed by atoms with Gasteiger partial charge in [0.05, 0.1) is 25.9 Å². The first kappa shape index (κ1) is 21.1. The number of Topliss-reactive ketones (excluding diaryl/α,β-unsaturated/α-hetero) is 1. The maximum atomic E-state index is 12.6. The van der Waals surface area contributed by atoms with Crippen LogP contribution >= 0.6 is 0 Å². The van der Waals surface area contributed by atoms with Gasteiger partial charge in [0.25, 0.3) is 5.91 Å². The zero-order valence-corrected chi connectivity index (χ0v) is 15.8. The second kappa shape index (κ2) is 8.64. The number of rotatable bonds is 10. The Morgan fingerprint density at radius 3 is 2.37 bits per heavy atom. The van der Waals surface area contributed by atoms with Crippen LogP contribution in [0.4, 0.5) is 0 Å². The highest BCUT2D eigenvalue weighted by Crippen LogP contribution is 2.30. The molecule has 1 aromatic heterocycles. The molecule has 1 aliphatic heterocycles. The highest BCUT2D eigenvalue weighted by molar-refractivity contribution is 5.99. The Morgan fingerprint density at radius 2 is 1.93 bits per heavy atom. The summed E-state index contributed by atoms with van der Waals surface area (Å²) < 4.78 is 6.68. The SMILES string of the molecule is CC(C)CC(NC(=O)[C@H](CO)NC(=O)c1cccn1C)C(=O)C1(CO)CO1. The molecule has 2 amide bonds. The van der Waals surface area contributed by atoms with Gasteiger partial charge in [0.1, 0.15) is 11.7 Å². The van der Waals surface area contributed by atoms with E-state index >= 15 is 0 Å². The average Bonchev–Trinajstić information content (AvgIpc) is 3.31. The van der Waals surface area contributed by atoms with E-state index in [1.54, 1.807) is 29.9 Å². The molecule has 3 atom stereocenters. The number of aliphatic hydroxyl groups excluding tert-OH is 2. The number of hydrogen-bond donors (Lipinski definition) is 4. The normalized spacial score (nSPS) is 20.8. The number of aromatic nitrogens is 1. The van der Waals surface area contributed by atoms with Crippen molar-refractivity contribution in [3.05, 3.63) is 24.0 Å². The lowest BCUT2D eigenvalue weighted by Gasteiger charge is -2.24. The van der Waals surface area contributed by atoms with Crippen molar-refractivity contribution >= 4 is 17.6 Å². The number of epoxide rings is 1. The number of carbonyl (C=O) groups excluding carboxylic acids is 3. The molecule has 0 bridgehead atoms. The monoisotopic (exact) mass is 381 g/mol. The van der Waals surface area contributed by atoms with Crippen LogP contribution < -0.4 is 10.6 Å². The van der Waals surface area contributed by atoms with Crippen LogP contribution in [-0.4, -0.2) is 69.9 Å². The minimum atomic E-state index is -1.26. The van der Waals surface area contributed by atoms with Gasteiger partial charge in [0.15, 0.2) is 11.4 Å². The van der Waals surface area contributed by atoms with Gasteiger partial charge in [-0.3, -0.25) is 14.4 Å². The molecule has 0 saturated carbocycles. The van der Waals surface area contributed by atoms with Crippen molar-refractivity contribution in [2.24, 2.45) is 13.0 Å². The molecular weight excluding hydrogens is 354 g/mol. The standard InChI is InChI=1S/C18H27N3O6/c1-11(2)7-12(15(24)18(9-23)10-27-18)19-16(25)13(8-22)20-17(26)14-5-4-6-21(14)3/h4-6,11-13,22-23H,7-10H2,1-3H3,(H,19,25)(H,20,26)/t12?,13-,18?/m0/s1. The molecule has 1 fully saturated rings. The minimum Gasteiger partial charge on any atom is -0.394 e. The predicted molar refractivity (Wildman–Crippen MR) is 95.9 cm³/mol. The fraction of sp³-hybridized carbons (Fsp3) is 0.611. The lowest BCUT2D eigenvalue weighted by Crippen LogP contribution is -2.55. The third kappa shape index (κ3) is 4.94. The summed E-state index contributed by atoms with van der Waals surface area (Å²) in [6.45, 7) is 2.83. The van der Waals surface area contributed by atoms with E-state index in [1.165, 1.54) is 0 Å². The maximum Gasteiger partial charge on any atom is 0.268 e. The number of ketones is 1. The minimum absolute atomic E-state index is 0.0966. The van der Waals surface area contributed by atoms with Crippen molar-refractivity contribution < 1.29 is 29.3 Å². The Hall–Kier alpha value is -2.23. The Labute approximate surface area is 157 Å². The van der Waals surface area contributed by atoms with Gasteiger partial charge in [-0.15, -0.1) is 0 Å². The van der Waals surface area contributed by atoms with E-state index in [2.05, 4.69) is 10.6 Å². The van der Waals surface area contributed by atoms with Crippen LogP contribution in [0.5, 0.6) is 0 Å². The fourth-order valence-electron chi connectivity index (χ4n) is 2.81. The van der Waals surface area contributed by atoms with E-state index in [1.807, 2.05) is 13.8 Å². The van der Waals surface area contributed by atoms with Crippen LogP contribution in [0.1, 0.15) is 30.8 Å². The van der Waals surface area contributed by atoms with Crippen molar-refractivity contribution in [1.29, 1.82) is 0 Å². The zero-order valence-electron chi connectivity index (χ0n) is 15.8. The molecule has 9 nitrogen and oxygen atoms in total. The van der Waals surface area contributed by atoms with Gasteiger partial charge in [-0.1, -0.05) is 13.8 Å². The Morgan fingerprint density at radius 1 is 1.26 bits per heavy atom. The number of amides is 2. The molecule has 0 radical (unpaired) electrons. The van der Waals surface area contributed by atoms with Gasteiger partial charge in [-0.2, -0.15) is 0 Å². The summed E-state index contributed by atoms with van der Waals surface area (Å²) in [4.78, 5) is 37.5. The number of carbonyl (C=O) groups is 3. The van der Waals surface area contributed by atoms with E-state index in [4.69, 9.17) is 4.74 Å². The summed E-state index contributed by atoms with van der Waals surface area (Å²) >= 11 is 0. The number of ether oxygens (including phenoxy) is 1. The zero-order chi connectivity index (χ0) is 20.2. The molecule has 2 unspecified atom stereocenters. The van der Waals surface area contributed by atoms with Gasteiger partial charge < -0.3 is 30.2 Å². The molecule has 9 heteroatoms. The van der Waals surface area contributed by atoms with Crippen LogP contribution in [-0.2, 0) is 21.4 Å². The van der Waals surface area contributed by atoms with Gasteiger partial charge in [-0.25, -0.2) is 0 Å². The number of nitrogens with one attached hydrogen (secondary N) is 2. The molecule has 2 rings (SSSR count). The van der Waals surface area contributed by atoms with Gasteiger partial charge in [-0.05, 0) is 24.5 Å². The Kier molecular flexibility index (Phi) is 6.74. The molecule has 27 heavy (non-hydrogen) atoms. The first-order chi connectivity index (χ1) is 12.7. The largest absolute Gasteiger partial charge is 0.394 e. The van der Waals surface area contributed by atoms with E-state index in [9.17, 15) is 24.6 Å². The Balaban J connectivity index is 2.06. The first-order valence-electron chi connectivity index (χ1n) is 8.86. The maximum absolute atomic E-state index is 12.6. The first-order valence-corrected chi connectivity index (χ1v) is 8.86. The summed E-state index contributed by atoms with van der Waals surface area (Å²) in [7, 11) is 1.68.